The Labute approximate surface area is 263 Å². The summed E-state index contributed by atoms with van der Waals surface area (Å²) in [6.45, 7) is 7.38. The summed E-state index contributed by atoms with van der Waals surface area (Å²) in [5.74, 6) is 2.66. The molecule has 0 radical (unpaired) electrons. The van der Waals surface area contributed by atoms with E-state index < -0.39 is 12.2 Å². The van der Waals surface area contributed by atoms with Crippen molar-refractivity contribution in [3.63, 3.8) is 0 Å². The van der Waals surface area contributed by atoms with Crippen molar-refractivity contribution in [1.29, 1.82) is 0 Å². The molecule has 3 heterocycles. The van der Waals surface area contributed by atoms with E-state index in [2.05, 4.69) is 49.1 Å². The molecule has 2 aromatic carbocycles. The summed E-state index contributed by atoms with van der Waals surface area (Å²) in [4.78, 5) is 49.2. The molecule has 5 rings (SSSR count). The van der Waals surface area contributed by atoms with E-state index in [1.807, 2.05) is 30.3 Å². The van der Waals surface area contributed by atoms with E-state index >= 15 is 0 Å². The Hall–Kier alpha value is -4.14. The molecule has 2 aliphatic heterocycles. The van der Waals surface area contributed by atoms with Crippen LogP contribution in [0.5, 0.6) is 0 Å². The second-order valence-corrected chi connectivity index (χ2v) is 12.6. The minimum Gasteiger partial charge on any atom is -0.375 e. The first kappa shape index (κ1) is 31.3. The SMILES string of the molecule is C#CCN(C(=O)NCCCC)N1CC(=O)N2[C@@H](Cc3ccc(C(C)CC)cc3)C(=O)N(Cc3cccc4sc(N)nc34)C[C@@H]21. The molecule has 2 fully saturated rings. The topological polar surface area (TPSA) is 115 Å². The van der Waals surface area contributed by atoms with Crippen molar-refractivity contribution in [3.05, 3.63) is 59.2 Å². The lowest BCUT2D eigenvalue weighted by Crippen LogP contribution is -2.66. The number of nitrogens with one attached hydrogen (secondary N) is 1. The molecule has 3 atom stereocenters. The first-order valence-electron chi connectivity index (χ1n) is 15.3. The lowest BCUT2D eigenvalue weighted by Gasteiger charge is -2.46. The van der Waals surface area contributed by atoms with Crippen LogP contribution in [0.3, 0.4) is 0 Å². The highest BCUT2D eigenvalue weighted by Gasteiger charge is 2.52. The van der Waals surface area contributed by atoms with Gasteiger partial charge in [-0.05, 0) is 41.5 Å². The maximum atomic E-state index is 14.2. The number of amides is 4. The van der Waals surface area contributed by atoms with Crippen LogP contribution >= 0.6 is 11.3 Å². The fraction of sp³-hybridized carbons (Fsp3) is 0.455. The molecule has 2 aliphatic rings. The minimum atomic E-state index is -0.740. The number of nitrogen functional groups attached to an aromatic ring is 1. The number of nitrogens with zero attached hydrogens (tertiary/aromatic N) is 5. The first-order valence-corrected chi connectivity index (χ1v) is 16.1. The van der Waals surface area contributed by atoms with Crippen LogP contribution in [0.25, 0.3) is 10.2 Å². The predicted octanol–water partition coefficient (Wildman–Crippen LogP) is 4.18. The number of aromatic nitrogens is 1. The second kappa shape index (κ2) is 13.7. The number of unbranched alkanes of at least 4 members (excludes halogenated alkanes) is 1. The van der Waals surface area contributed by atoms with Crippen LogP contribution in [0, 0.1) is 12.3 Å². The van der Waals surface area contributed by atoms with Gasteiger partial charge in [-0.1, -0.05) is 80.8 Å². The summed E-state index contributed by atoms with van der Waals surface area (Å²) in [6.07, 6.45) is 8.29. The number of nitrogens with two attached hydrogens (primary N) is 1. The number of fused-ring (bicyclic) bond motifs is 2. The number of thiazole rings is 1. The Bertz CT molecular complexity index is 1550. The number of para-hydroxylation sites is 1. The fourth-order valence-corrected chi connectivity index (χ4v) is 6.80. The van der Waals surface area contributed by atoms with Crippen LogP contribution in [-0.2, 0) is 22.6 Å². The van der Waals surface area contributed by atoms with Gasteiger partial charge in [-0.25, -0.2) is 14.8 Å². The summed E-state index contributed by atoms with van der Waals surface area (Å²) in [5.41, 5.74) is 9.87. The molecule has 232 valence electrons. The Morgan fingerprint density at radius 3 is 2.70 bits per heavy atom. The highest BCUT2D eigenvalue weighted by atomic mass is 32.1. The van der Waals surface area contributed by atoms with Gasteiger partial charge in [0, 0.05) is 19.5 Å². The van der Waals surface area contributed by atoms with E-state index in [-0.39, 0.29) is 37.5 Å². The van der Waals surface area contributed by atoms with Gasteiger partial charge in [-0.2, -0.15) is 5.01 Å². The molecular formula is C33H41N7O3S. The number of terminal acetylenes is 1. The van der Waals surface area contributed by atoms with Gasteiger partial charge >= 0.3 is 6.03 Å². The van der Waals surface area contributed by atoms with Crippen LogP contribution < -0.4 is 11.1 Å². The molecule has 0 aliphatic carbocycles. The number of hydrogen-bond donors (Lipinski definition) is 2. The van der Waals surface area contributed by atoms with Gasteiger partial charge in [0.15, 0.2) is 5.13 Å². The maximum Gasteiger partial charge on any atom is 0.332 e. The standard InChI is InChI=1S/C33H41N7O3S/c1-5-8-16-35-33(43)38(17-6-2)39-21-29(41)40-26(18-23-12-14-24(15-13-23)22(4)7-3)31(42)37(20-28(39)40)19-25-10-9-11-27-30(25)36-32(34)44-27/h2,9-15,22,26,28H,5,7-8,16-21H2,1,3-4H3,(H2,34,36)(H,35,43)/t22?,26-,28+/m0/s1. The molecule has 4 amide bonds. The van der Waals surface area contributed by atoms with E-state index in [0.717, 1.165) is 40.6 Å². The number of hydrazine groups is 1. The van der Waals surface area contributed by atoms with Crippen LogP contribution in [0.15, 0.2) is 42.5 Å². The molecule has 3 aromatic rings. The van der Waals surface area contributed by atoms with Crippen LogP contribution in [0.2, 0.25) is 0 Å². The summed E-state index contributed by atoms with van der Waals surface area (Å²) < 4.78 is 0.950. The Kier molecular flexibility index (Phi) is 9.71. The number of urea groups is 1. The fourth-order valence-electron chi connectivity index (χ4n) is 6.02. The number of piperazine rings is 1. The first-order chi connectivity index (χ1) is 21.2. The van der Waals surface area contributed by atoms with Crippen molar-refractivity contribution >= 4 is 44.5 Å². The Morgan fingerprint density at radius 2 is 2.00 bits per heavy atom. The monoisotopic (exact) mass is 615 g/mol. The smallest absolute Gasteiger partial charge is 0.332 e. The van der Waals surface area contributed by atoms with E-state index in [9.17, 15) is 14.4 Å². The van der Waals surface area contributed by atoms with Gasteiger partial charge in [0.2, 0.25) is 11.8 Å². The van der Waals surface area contributed by atoms with E-state index in [0.29, 0.717) is 30.6 Å². The number of rotatable bonds is 11. The summed E-state index contributed by atoms with van der Waals surface area (Å²) in [7, 11) is 0. The average Bonchev–Trinajstić information content (AvgIpc) is 3.56. The summed E-state index contributed by atoms with van der Waals surface area (Å²) in [6, 6.07) is 13.1. The van der Waals surface area contributed by atoms with E-state index in [4.69, 9.17) is 12.2 Å². The normalized spacial score (nSPS) is 19.2. The number of hydrogen-bond acceptors (Lipinski definition) is 7. The average molecular weight is 616 g/mol. The van der Waals surface area contributed by atoms with Crippen LogP contribution in [-0.4, -0.2) is 81.0 Å². The zero-order valence-corrected chi connectivity index (χ0v) is 26.5. The van der Waals surface area contributed by atoms with E-state index in [1.54, 1.807) is 14.8 Å². The zero-order valence-electron chi connectivity index (χ0n) is 25.7. The third-order valence-corrected chi connectivity index (χ3v) is 9.48. The van der Waals surface area contributed by atoms with Crippen molar-refractivity contribution in [3.8, 4) is 12.3 Å². The van der Waals surface area contributed by atoms with Gasteiger partial charge in [-0.15, -0.1) is 6.42 Å². The third-order valence-electron chi connectivity index (χ3n) is 8.63. The molecule has 1 unspecified atom stereocenters. The van der Waals surface area contributed by atoms with Crippen molar-refractivity contribution in [1.82, 2.24) is 30.1 Å². The van der Waals surface area contributed by atoms with Gasteiger partial charge in [0.05, 0.1) is 29.9 Å². The largest absolute Gasteiger partial charge is 0.375 e. The van der Waals surface area contributed by atoms with E-state index in [1.165, 1.54) is 21.9 Å². The highest BCUT2D eigenvalue weighted by Crippen LogP contribution is 2.32. The molecule has 44 heavy (non-hydrogen) atoms. The molecular weight excluding hydrogens is 574 g/mol. The van der Waals surface area contributed by atoms with Gasteiger partial charge in [-0.3, -0.25) is 9.59 Å². The third kappa shape index (κ3) is 6.37. The van der Waals surface area contributed by atoms with Crippen LogP contribution in [0.1, 0.15) is 62.6 Å². The molecule has 11 heteroatoms. The summed E-state index contributed by atoms with van der Waals surface area (Å²) >= 11 is 1.40. The highest BCUT2D eigenvalue weighted by molar-refractivity contribution is 7.22. The quantitative estimate of drug-likeness (QED) is 0.247. The molecule has 10 nitrogen and oxygen atoms in total. The summed E-state index contributed by atoms with van der Waals surface area (Å²) in [5, 5.41) is 6.56. The number of benzene rings is 2. The predicted molar refractivity (Wildman–Crippen MR) is 173 cm³/mol. The Morgan fingerprint density at radius 1 is 1.23 bits per heavy atom. The zero-order chi connectivity index (χ0) is 31.4. The molecule has 0 bridgehead atoms. The maximum absolute atomic E-state index is 14.2. The second-order valence-electron chi connectivity index (χ2n) is 11.5. The molecule has 0 spiro atoms. The minimum absolute atomic E-state index is 0.00265. The van der Waals surface area contributed by atoms with Gasteiger partial charge in [0.1, 0.15) is 12.2 Å². The molecule has 2 saturated heterocycles. The van der Waals surface area contributed by atoms with Crippen molar-refractivity contribution in [2.45, 2.75) is 71.1 Å². The molecule has 3 N–H and O–H groups in total. The number of carbonyl (C=O) groups is 3. The van der Waals surface area contributed by atoms with Gasteiger partial charge in [0.25, 0.3) is 0 Å². The Balaban J connectivity index is 1.48. The number of anilines is 1. The van der Waals surface area contributed by atoms with Gasteiger partial charge < -0.3 is 20.9 Å². The van der Waals surface area contributed by atoms with Crippen molar-refractivity contribution < 1.29 is 14.4 Å². The molecule has 0 saturated carbocycles. The lowest BCUT2D eigenvalue weighted by atomic mass is 9.95. The number of carbonyl (C=O) groups excluding carboxylic acids is 3. The molecule has 1 aromatic heterocycles. The van der Waals surface area contributed by atoms with Crippen LogP contribution in [0.4, 0.5) is 9.93 Å². The lowest BCUT2D eigenvalue weighted by molar-refractivity contribution is -0.157. The van der Waals surface area contributed by atoms with Crippen molar-refractivity contribution in [2.75, 3.05) is 31.9 Å². The van der Waals surface area contributed by atoms with Crippen molar-refractivity contribution in [2.24, 2.45) is 0 Å².